The van der Waals surface area contributed by atoms with E-state index < -0.39 is 39.3 Å². The second-order valence-corrected chi connectivity index (χ2v) is 17.8. The molecule has 0 bridgehead atoms. The predicted molar refractivity (Wildman–Crippen MR) is 163 cm³/mol. The minimum Gasteiger partial charge on any atom is -0.748 e. The van der Waals surface area contributed by atoms with E-state index in [1.807, 2.05) is 48.5 Å². The average Bonchev–Trinajstić information content (AvgIpc) is 3.57. The van der Waals surface area contributed by atoms with Gasteiger partial charge in [0.2, 0.25) is 0 Å². The van der Waals surface area contributed by atoms with E-state index in [2.05, 4.69) is 41.5 Å². The zero-order valence-electron chi connectivity index (χ0n) is 24.5. The van der Waals surface area contributed by atoms with Crippen LogP contribution in [0.1, 0.15) is 58.2 Å². The fourth-order valence-electron chi connectivity index (χ4n) is 4.80. The predicted octanol–water partition coefficient (Wildman–Crippen LogP) is 10.2. The molecule has 9 heteroatoms. The van der Waals surface area contributed by atoms with Gasteiger partial charge in [-0.3, -0.25) is 0 Å². The third-order valence-electron chi connectivity index (χ3n) is 6.53. The summed E-state index contributed by atoms with van der Waals surface area (Å²) in [5.74, 6) is 0. The SMILES string of the molecule is CC(C)(C)P(C[c-]1cccc1P(c1ccc(C(F)(F)F)cc1)c1ccc(C(F)(F)F)cc1)C(C)(C)C.[Fe].[cH-]1[cH-][cH-][cH-][cH-]1. The second-order valence-electron chi connectivity index (χ2n) is 11.8. The first kappa shape index (κ1) is 36.3. The van der Waals surface area contributed by atoms with Crippen LogP contribution in [0.5, 0.6) is 0 Å². The molecule has 4 rings (SSSR count). The number of benzene rings is 2. The van der Waals surface area contributed by atoms with Gasteiger partial charge in [0.15, 0.2) is 0 Å². The molecule has 0 N–H and O–H groups in total. The summed E-state index contributed by atoms with van der Waals surface area (Å²) < 4.78 is 79.2. The zero-order valence-corrected chi connectivity index (χ0v) is 27.4. The molecule has 4 aromatic rings. The Balaban J connectivity index is 0.000000927. The van der Waals surface area contributed by atoms with Crippen LogP contribution in [0.4, 0.5) is 26.3 Å². The molecule has 0 aliphatic heterocycles. The van der Waals surface area contributed by atoms with Crippen molar-refractivity contribution < 1.29 is 43.4 Å². The summed E-state index contributed by atoms with van der Waals surface area (Å²) in [7, 11) is -1.85. The summed E-state index contributed by atoms with van der Waals surface area (Å²) >= 11 is 0. The van der Waals surface area contributed by atoms with Gasteiger partial charge in [-0.15, -0.1) is 18.8 Å². The summed E-state index contributed by atoms with van der Waals surface area (Å²) in [6.07, 6.45) is -8.10. The van der Waals surface area contributed by atoms with Gasteiger partial charge in [-0.1, -0.05) is 72.0 Å². The van der Waals surface area contributed by atoms with Crippen molar-refractivity contribution in [1.82, 2.24) is 0 Å². The molecule has 0 spiro atoms. The van der Waals surface area contributed by atoms with Gasteiger partial charge in [0, 0.05) is 17.1 Å². The maximum absolute atomic E-state index is 13.2. The summed E-state index contributed by atoms with van der Waals surface area (Å²) in [6.45, 7) is 13.3. The quantitative estimate of drug-likeness (QED) is 0.0863. The van der Waals surface area contributed by atoms with E-state index in [0.29, 0.717) is 10.6 Å². The monoisotopic (exact) mass is 664 g/mol. The Morgan fingerprint density at radius 1 is 0.595 bits per heavy atom. The van der Waals surface area contributed by atoms with Crippen molar-refractivity contribution in [2.75, 3.05) is 0 Å². The van der Waals surface area contributed by atoms with E-state index in [1.165, 1.54) is 24.3 Å². The van der Waals surface area contributed by atoms with Crippen LogP contribution in [0, 0.1) is 0 Å². The first-order valence-corrected chi connectivity index (χ1v) is 16.1. The van der Waals surface area contributed by atoms with Crippen molar-refractivity contribution in [2.45, 2.75) is 70.4 Å². The molecule has 0 amide bonds. The molecule has 0 aromatic heterocycles. The first-order chi connectivity index (χ1) is 18.9. The van der Waals surface area contributed by atoms with E-state index in [4.69, 9.17) is 0 Å². The minimum absolute atomic E-state index is 0. The van der Waals surface area contributed by atoms with Gasteiger partial charge in [-0.2, -0.15) is 32.4 Å². The molecule has 0 radical (unpaired) electrons. The molecule has 0 nitrogen and oxygen atoms in total. The maximum atomic E-state index is 13.2. The minimum atomic E-state index is -4.46. The average molecular weight is 664 g/mol. The topological polar surface area (TPSA) is 0 Å². The Kier molecular flexibility index (Phi) is 12.3. The van der Waals surface area contributed by atoms with E-state index in [9.17, 15) is 26.3 Å². The zero-order chi connectivity index (χ0) is 30.6. The van der Waals surface area contributed by atoms with Gasteiger partial charge in [-0.05, 0) is 53.1 Å². The molecule has 0 saturated heterocycles. The van der Waals surface area contributed by atoms with Crippen molar-refractivity contribution in [1.29, 1.82) is 0 Å². The van der Waals surface area contributed by atoms with Crippen molar-refractivity contribution in [3.63, 3.8) is 0 Å². The summed E-state index contributed by atoms with van der Waals surface area (Å²) in [5.41, 5.74) is -0.391. The van der Waals surface area contributed by atoms with Crippen LogP contribution in [0.2, 0.25) is 0 Å². The van der Waals surface area contributed by atoms with Crippen molar-refractivity contribution in [3.8, 4) is 0 Å². The number of hydrogen-bond donors (Lipinski definition) is 0. The molecular formula is C33H36F6FeP2-6. The Bertz CT molecular complexity index is 1250. The maximum Gasteiger partial charge on any atom is 0.416 e. The first-order valence-electron chi connectivity index (χ1n) is 13.2. The molecule has 42 heavy (non-hydrogen) atoms. The number of hydrogen-bond acceptors (Lipinski definition) is 0. The van der Waals surface area contributed by atoms with Crippen LogP contribution in [-0.4, -0.2) is 10.3 Å². The van der Waals surface area contributed by atoms with Crippen LogP contribution < -0.4 is 15.9 Å². The van der Waals surface area contributed by atoms with E-state index >= 15 is 0 Å². The molecule has 4 aromatic carbocycles. The summed E-state index contributed by atoms with van der Waals surface area (Å²) in [6, 6.07) is 26.0. The van der Waals surface area contributed by atoms with Crippen molar-refractivity contribution in [2.24, 2.45) is 0 Å². The van der Waals surface area contributed by atoms with Crippen LogP contribution in [0.15, 0.2) is 97.1 Å². The van der Waals surface area contributed by atoms with Gasteiger partial charge in [0.05, 0.1) is 11.1 Å². The normalized spacial score (nSPS) is 12.6. The van der Waals surface area contributed by atoms with Gasteiger partial charge >= 0.3 is 12.4 Å². The summed E-state index contributed by atoms with van der Waals surface area (Å²) in [5, 5.41) is 2.44. The Hall–Kier alpha value is -1.90. The Morgan fingerprint density at radius 2 is 0.952 bits per heavy atom. The molecule has 0 heterocycles. The van der Waals surface area contributed by atoms with Gasteiger partial charge in [0.1, 0.15) is 0 Å². The van der Waals surface area contributed by atoms with Crippen LogP contribution >= 0.6 is 15.8 Å². The molecule has 0 aliphatic rings. The van der Waals surface area contributed by atoms with Crippen LogP contribution in [0.3, 0.4) is 0 Å². The third-order valence-corrected chi connectivity index (χ3v) is 13.0. The second kappa shape index (κ2) is 14.3. The molecule has 0 atom stereocenters. The van der Waals surface area contributed by atoms with Crippen LogP contribution in [0.25, 0.3) is 0 Å². The number of alkyl halides is 6. The van der Waals surface area contributed by atoms with Gasteiger partial charge in [0.25, 0.3) is 0 Å². The van der Waals surface area contributed by atoms with E-state index in [0.717, 1.165) is 41.3 Å². The fourth-order valence-corrected chi connectivity index (χ4v) is 10.9. The molecular weight excluding hydrogens is 628 g/mol. The van der Waals surface area contributed by atoms with Gasteiger partial charge < -0.3 is 30.3 Å². The smallest absolute Gasteiger partial charge is 0.416 e. The van der Waals surface area contributed by atoms with E-state index in [1.54, 1.807) is 0 Å². The summed E-state index contributed by atoms with van der Waals surface area (Å²) in [4.78, 5) is 0. The van der Waals surface area contributed by atoms with Crippen molar-refractivity contribution in [3.05, 3.63) is 114 Å². The Morgan fingerprint density at radius 3 is 1.26 bits per heavy atom. The third kappa shape index (κ3) is 9.81. The molecule has 0 aliphatic carbocycles. The standard InChI is InChI=1S/C28H31F6P2.C5H5.Fe/c1-25(2,3)35(26(4,5)6)18-19-8-7-9-24(19)36(22-14-10-20(11-15-22)27(29,30)31)23-16-12-21(13-17-23)28(32,33)34;1-2-4-5-3-1;/h7-17H,18H2,1-6H3;1-5H;/q-1;-5;. The Labute approximate surface area is 258 Å². The van der Waals surface area contributed by atoms with Crippen molar-refractivity contribution >= 4 is 31.8 Å². The van der Waals surface area contributed by atoms with Gasteiger partial charge in [-0.25, -0.2) is 12.1 Å². The molecule has 0 fully saturated rings. The van der Waals surface area contributed by atoms with E-state index in [-0.39, 0.29) is 27.4 Å². The number of rotatable bonds is 5. The molecule has 234 valence electrons. The number of halogens is 6. The largest absolute Gasteiger partial charge is 0.748 e. The molecule has 0 unspecified atom stereocenters. The fraction of sp³-hybridized carbons (Fsp3) is 0.333. The van der Waals surface area contributed by atoms with Crippen LogP contribution in [-0.2, 0) is 35.6 Å². The molecule has 0 saturated carbocycles.